The lowest BCUT2D eigenvalue weighted by Crippen LogP contribution is -2.22. The van der Waals surface area contributed by atoms with Crippen LogP contribution in [0.5, 0.6) is 0 Å². The van der Waals surface area contributed by atoms with Gasteiger partial charge >= 0.3 is 0 Å². The third-order valence-electron chi connectivity index (χ3n) is 3.94. The number of aromatic nitrogens is 1. The van der Waals surface area contributed by atoms with Crippen LogP contribution in [0.3, 0.4) is 0 Å². The monoisotopic (exact) mass is 375 g/mol. The third-order valence-corrected chi connectivity index (χ3v) is 4.37. The Labute approximate surface area is 143 Å². The van der Waals surface area contributed by atoms with E-state index in [0.29, 0.717) is 11.7 Å². The first kappa shape index (κ1) is 16.0. The Hall–Kier alpha value is -1.92. The summed E-state index contributed by atoms with van der Waals surface area (Å²) in [6.45, 7) is 1.90. The minimum absolute atomic E-state index is 0.174. The number of carbonyl (C=O) groups is 1. The molecule has 1 aromatic heterocycles. The number of hydrogen-bond donors (Lipinski definition) is 1. The molecule has 2 aromatic rings. The lowest BCUT2D eigenvalue weighted by Gasteiger charge is -2.18. The summed E-state index contributed by atoms with van der Waals surface area (Å²) in [5.41, 5.74) is 2.43. The van der Waals surface area contributed by atoms with Gasteiger partial charge in [0, 0.05) is 48.4 Å². The first-order valence-electron chi connectivity index (χ1n) is 7.45. The fourth-order valence-corrected chi connectivity index (χ4v) is 3.01. The van der Waals surface area contributed by atoms with Crippen LogP contribution < -0.4 is 10.2 Å². The molecule has 3 rings (SSSR count). The molecule has 1 atom stereocenters. The minimum atomic E-state index is -0.174. The van der Waals surface area contributed by atoms with Crippen LogP contribution in [-0.2, 0) is 4.74 Å². The van der Waals surface area contributed by atoms with Gasteiger partial charge in [-0.05, 0) is 52.7 Å². The number of pyridine rings is 1. The van der Waals surface area contributed by atoms with Gasteiger partial charge in [0.2, 0.25) is 0 Å². The van der Waals surface area contributed by atoms with Crippen molar-refractivity contribution in [1.82, 2.24) is 4.98 Å². The van der Waals surface area contributed by atoms with Crippen LogP contribution in [0.15, 0.2) is 47.2 Å². The molecule has 1 aliphatic heterocycles. The predicted molar refractivity (Wildman–Crippen MR) is 94.0 cm³/mol. The van der Waals surface area contributed by atoms with E-state index in [9.17, 15) is 4.79 Å². The predicted octanol–water partition coefficient (Wildman–Crippen LogP) is 3.32. The molecule has 120 valence electrons. The SMILES string of the molecule is COC1CCN(c2ccc(NC(=O)c3cncc(Br)c3)cc2)C1. The zero-order valence-corrected chi connectivity index (χ0v) is 14.4. The quantitative estimate of drug-likeness (QED) is 0.890. The van der Waals surface area contributed by atoms with Crippen molar-refractivity contribution < 1.29 is 9.53 Å². The van der Waals surface area contributed by atoms with Crippen LogP contribution in [0.4, 0.5) is 11.4 Å². The third kappa shape index (κ3) is 3.89. The first-order valence-corrected chi connectivity index (χ1v) is 8.25. The van der Waals surface area contributed by atoms with E-state index in [1.807, 2.05) is 24.3 Å². The smallest absolute Gasteiger partial charge is 0.257 e. The number of nitrogens with zero attached hydrogens (tertiary/aromatic N) is 2. The van der Waals surface area contributed by atoms with Gasteiger partial charge in [0.1, 0.15) is 0 Å². The summed E-state index contributed by atoms with van der Waals surface area (Å²) in [4.78, 5) is 18.5. The molecule has 1 aliphatic rings. The highest BCUT2D eigenvalue weighted by Crippen LogP contribution is 2.23. The lowest BCUT2D eigenvalue weighted by atomic mass is 10.2. The molecule has 6 heteroatoms. The maximum absolute atomic E-state index is 12.2. The zero-order valence-electron chi connectivity index (χ0n) is 12.8. The summed E-state index contributed by atoms with van der Waals surface area (Å²) >= 11 is 3.32. The topological polar surface area (TPSA) is 54.5 Å². The molecule has 2 heterocycles. The molecular weight excluding hydrogens is 358 g/mol. The molecule has 1 fully saturated rings. The van der Waals surface area contributed by atoms with Crippen molar-refractivity contribution in [3.05, 3.63) is 52.8 Å². The van der Waals surface area contributed by atoms with Crippen molar-refractivity contribution in [2.75, 3.05) is 30.4 Å². The molecule has 0 radical (unpaired) electrons. The fourth-order valence-electron chi connectivity index (χ4n) is 2.65. The van der Waals surface area contributed by atoms with Crippen LogP contribution >= 0.6 is 15.9 Å². The second-order valence-corrected chi connectivity index (χ2v) is 6.40. The van der Waals surface area contributed by atoms with E-state index < -0.39 is 0 Å². The summed E-state index contributed by atoms with van der Waals surface area (Å²) < 4.78 is 6.17. The first-order chi connectivity index (χ1) is 11.2. The average molecular weight is 376 g/mol. The van der Waals surface area contributed by atoms with Crippen LogP contribution in [0.2, 0.25) is 0 Å². The molecule has 1 amide bonds. The van der Waals surface area contributed by atoms with Gasteiger partial charge in [-0.15, -0.1) is 0 Å². The fraction of sp³-hybridized carbons (Fsp3) is 0.294. The number of methoxy groups -OCH3 is 1. The number of nitrogens with one attached hydrogen (secondary N) is 1. The second-order valence-electron chi connectivity index (χ2n) is 5.49. The molecule has 1 N–H and O–H groups in total. The summed E-state index contributed by atoms with van der Waals surface area (Å²) in [7, 11) is 1.75. The van der Waals surface area contributed by atoms with Crippen LogP contribution in [0, 0.1) is 0 Å². The maximum Gasteiger partial charge on any atom is 0.257 e. The van der Waals surface area contributed by atoms with Crippen molar-refractivity contribution in [3.63, 3.8) is 0 Å². The van der Waals surface area contributed by atoms with E-state index in [1.54, 1.807) is 25.6 Å². The largest absolute Gasteiger partial charge is 0.380 e. The Morgan fingerprint density at radius 1 is 1.35 bits per heavy atom. The van der Waals surface area contributed by atoms with Crippen LogP contribution in [0.1, 0.15) is 16.8 Å². The normalized spacial score (nSPS) is 17.3. The van der Waals surface area contributed by atoms with E-state index in [1.165, 1.54) is 0 Å². The molecule has 1 unspecified atom stereocenters. The van der Waals surface area contributed by atoms with Crippen molar-refractivity contribution >= 4 is 33.2 Å². The Morgan fingerprint density at radius 3 is 2.78 bits per heavy atom. The highest BCUT2D eigenvalue weighted by Gasteiger charge is 2.22. The maximum atomic E-state index is 12.2. The molecule has 0 bridgehead atoms. The van der Waals surface area contributed by atoms with E-state index >= 15 is 0 Å². The molecule has 0 saturated carbocycles. The molecule has 0 spiro atoms. The summed E-state index contributed by atoms with van der Waals surface area (Å²) in [6.07, 6.45) is 4.54. The van der Waals surface area contributed by atoms with Gasteiger partial charge < -0.3 is 15.0 Å². The molecule has 23 heavy (non-hydrogen) atoms. The van der Waals surface area contributed by atoms with Gasteiger partial charge in [-0.1, -0.05) is 0 Å². The summed E-state index contributed by atoms with van der Waals surface area (Å²) in [5.74, 6) is -0.174. The van der Waals surface area contributed by atoms with Gasteiger partial charge in [-0.2, -0.15) is 0 Å². The minimum Gasteiger partial charge on any atom is -0.380 e. The highest BCUT2D eigenvalue weighted by atomic mass is 79.9. The number of anilines is 2. The van der Waals surface area contributed by atoms with Gasteiger partial charge in [0.25, 0.3) is 5.91 Å². The van der Waals surface area contributed by atoms with Gasteiger partial charge in [0.05, 0.1) is 11.7 Å². The van der Waals surface area contributed by atoms with E-state index in [4.69, 9.17) is 4.74 Å². The summed E-state index contributed by atoms with van der Waals surface area (Å²) in [5, 5.41) is 2.88. The number of halogens is 1. The van der Waals surface area contributed by atoms with E-state index in [2.05, 4.69) is 31.1 Å². The number of benzene rings is 1. The van der Waals surface area contributed by atoms with Crippen molar-refractivity contribution in [1.29, 1.82) is 0 Å². The van der Waals surface area contributed by atoms with Crippen molar-refractivity contribution in [2.24, 2.45) is 0 Å². The number of amides is 1. The molecular formula is C17H18BrN3O2. The molecule has 1 saturated heterocycles. The Balaban J connectivity index is 1.65. The Bertz CT molecular complexity index is 690. The molecule has 0 aliphatic carbocycles. The number of rotatable bonds is 4. The van der Waals surface area contributed by atoms with E-state index in [0.717, 1.165) is 35.4 Å². The zero-order chi connectivity index (χ0) is 16.2. The van der Waals surface area contributed by atoms with Crippen LogP contribution in [-0.4, -0.2) is 37.2 Å². The van der Waals surface area contributed by atoms with Crippen LogP contribution in [0.25, 0.3) is 0 Å². The molecule has 1 aromatic carbocycles. The van der Waals surface area contributed by atoms with E-state index in [-0.39, 0.29) is 5.91 Å². The highest BCUT2D eigenvalue weighted by molar-refractivity contribution is 9.10. The number of carbonyl (C=O) groups excluding carboxylic acids is 1. The molecule has 5 nitrogen and oxygen atoms in total. The van der Waals surface area contributed by atoms with Gasteiger partial charge in [-0.3, -0.25) is 9.78 Å². The average Bonchev–Trinajstić information content (AvgIpc) is 3.04. The number of hydrogen-bond acceptors (Lipinski definition) is 4. The Kier molecular flexibility index (Phi) is 4.93. The van der Waals surface area contributed by atoms with Crippen molar-refractivity contribution in [3.8, 4) is 0 Å². The van der Waals surface area contributed by atoms with Gasteiger partial charge in [0.15, 0.2) is 0 Å². The van der Waals surface area contributed by atoms with Gasteiger partial charge in [-0.25, -0.2) is 0 Å². The standard InChI is InChI=1S/C17H18BrN3O2/c1-23-16-6-7-21(11-16)15-4-2-14(3-5-15)20-17(22)12-8-13(18)10-19-9-12/h2-5,8-10,16H,6-7,11H2,1H3,(H,20,22). The lowest BCUT2D eigenvalue weighted by molar-refractivity contribution is 0.102. The number of ether oxygens (including phenoxy) is 1. The Morgan fingerprint density at radius 2 is 2.13 bits per heavy atom. The van der Waals surface area contributed by atoms with Crippen molar-refractivity contribution in [2.45, 2.75) is 12.5 Å². The second kappa shape index (κ2) is 7.10. The summed E-state index contributed by atoms with van der Waals surface area (Å²) in [6, 6.07) is 9.61.